The molecular formula is C11H14FNO. The summed E-state index contributed by atoms with van der Waals surface area (Å²) in [5.41, 5.74) is 1.03. The lowest BCUT2D eigenvalue weighted by molar-refractivity contribution is 0.00692. The monoisotopic (exact) mass is 195 g/mol. The molecule has 1 heterocycles. The van der Waals surface area contributed by atoms with E-state index in [0.717, 1.165) is 12.1 Å². The number of rotatable bonds is 1. The van der Waals surface area contributed by atoms with Crippen molar-refractivity contribution in [2.24, 2.45) is 0 Å². The van der Waals surface area contributed by atoms with E-state index in [9.17, 15) is 4.39 Å². The lowest BCUT2D eigenvalue weighted by Gasteiger charge is -2.28. The van der Waals surface area contributed by atoms with Crippen molar-refractivity contribution in [3.8, 4) is 0 Å². The summed E-state index contributed by atoms with van der Waals surface area (Å²) in [4.78, 5) is 0. The summed E-state index contributed by atoms with van der Waals surface area (Å²) in [6, 6.07) is 6.90. The van der Waals surface area contributed by atoms with E-state index >= 15 is 0 Å². The fourth-order valence-corrected chi connectivity index (χ4v) is 1.58. The van der Waals surface area contributed by atoms with E-state index in [4.69, 9.17) is 4.74 Å². The average molecular weight is 195 g/mol. The molecular weight excluding hydrogens is 181 g/mol. The fourth-order valence-electron chi connectivity index (χ4n) is 1.58. The Morgan fingerprint density at radius 2 is 2.07 bits per heavy atom. The summed E-state index contributed by atoms with van der Waals surface area (Å²) < 4.78 is 18.3. The third-order valence-corrected chi connectivity index (χ3v) is 2.44. The zero-order chi connectivity index (χ0) is 9.97. The summed E-state index contributed by atoms with van der Waals surface area (Å²) in [6.07, 6.45) is 0.0619. The standard InChI is InChI=1S/C11H14FNO/c1-8-7-14-11(6-13-8)9-2-4-10(12)5-3-9/h2-5,8,11,13H,6-7H2,1H3/t8-,11-/m1/s1. The maximum absolute atomic E-state index is 12.7. The number of halogens is 1. The number of ether oxygens (including phenoxy) is 1. The predicted octanol–water partition coefficient (Wildman–Crippen LogP) is 1.88. The summed E-state index contributed by atoms with van der Waals surface area (Å²) in [5, 5.41) is 3.33. The van der Waals surface area contributed by atoms with Crippen LogP contribution >= 0.6 is 0 Å². The van der Waals surface area contributed by atoms with Crippen molar-refractivity contribution in [3.05, 3.63) is 35.6 Å². The minimum atomic E-state index is -0.203. The van der Waals surface area contributed by atoms with Crippen LogP contribution in [-0.4, -0.2) is 19.2 Å². The van der Waals surface area contributed by atoms with Gasteiger partial charge in [-0.15, -0.1) is 0 Å². The van der Waals surface area contributed by atoms with Crippen LogP contribution in [0.4, 0.5) is 4.39 Å². The van der Waals surface area contributed by atoms with E-state index < -0.39 is 0 Å². The lowest BCUT2D eigenvalue weighted by Crippen LogP contribution is -2.40. The van der Waals surface area contributed by atoms with Crippen molar-refractivity contribution in [3.63, 3.8) is 0 Å². The molecule has 1 fully saturated rings. The first kappa shape index (κ1) is 9.62. The molecule has 1 aliphatic rings. The van der Waals surface area contributed by atoms with Crippen LogP contribution in [0.15, 0.2) is 24.3 Å². The molecule has 2 atom stereocenters. The second-order valence-electron chi connectivity index (χ2n) is 3.68. The molecule has 0 amide bonds. The van der Waals surface area contributed by atoms with Gasteiger partial charge in [0.15, 0.2) is 0 Å². The molecule has 1 N–H and O–H groups in total. The molecule has 76 valence electrons. The van der Waals surface area contributed by atoms with Gasteiger partial charge in [0.2, 0.25) is 0 Å². The molecule has 1 aromatic carbocycles. The molecule has 1 saturated heterocycles. The number of benzene rings is 1. The number of morpholine rings is 1. The van der Waals surface area contributed by atoms with Gasteiger partial charge < -0.3 is 10.1 Å². The van der Waals surface area contributed by atoms with Gasteiger partial charge in [0.1, 0.15) is 5.82 Å². The maximum atomic E-state index is 12.7. The van der Waals surface area contributed by atoms with Gasteiger partial charge in [-0.2, -0.15) is 0 Å². The molecule has 0 unspecified atom stereocenters. The van der Waals surface area contributed by atoms with Crippen molar-refractivity contribution in [1.29, 1.82) is 0 Å². The van der Waals surface area contributed by atoms with Crippen LogP contribution in [0.2, 0.25) is 0 Å². The molecule has 0 aromatic heterocycles. The van der Waals surface area contributed by atoms with E-state index in [-0.39, 0.29) is 11.9 Å². The Hall–Kier alpha value is -0.930. The molecule has 2 rings (SSSR count). The van der Waals surface area contributed by atoms with Crippen LogP contribution in [0.1, 0.15) is 18.6 Å². The predicted molar refractivity (Wildman–Crippen MR) is 52.6 cm³/mol. The number of nitrogens with one attached hydrogen (secondary N) is 1. The largest absolute Gasteiger partial charge is 0.371 e. The van der Waals surface area contributed by atoms with Crippen LogP contribution in [0.25, 0.3) is 0 Å². The zero-order valence-electron chi connectivity index (χ0n) is 8.16. The minimum Gasteiger partial charge on any atom is -0.371 e. The van der Waals surface area contributed by atoms with Gasteiger partial charge in [-0.3, -0.25) is 0 Å². The molecule has 1 aliphatic heterocycles. The fraction of sp³-hybridized carbons (Fsp3) is 0.455. The minimum absolute atomic E-state index is 0.0619. The van der Waals surface area contributed by atoms with Crippen LogP contribution in [0.5, 0.6) is 0 Å². The highest BCUT2D eigenvalue weighted by Gasteiger charge is 2.19. The third-order valence-electron chi connectivity index (χ3n) is 2.44. The van der Waals surface area contributed by atoms with Crippen LogP contribution in [0, 0.1) is 5.82 Å². The Morgan fingerprint density at radius 3 is 2.64 bits per heavy atom. The van der Waals surface area contributed by atoms with Crippen molar-refractivity contribution < 1.29 is 9.13 Å². The summed E-state index contributed by atoms with van der Waals surface area (Å²) in [7, 11) is 0. The molecule has 0 radical (unpaired) electrons. The smallest absolute Gasteiger partial charge is 0.123 e. The molecule has 1 aromatic rings. The highest BCUT2D eigenvalue weighted by Crippen LogP contribution is 2.19. The Labute approximate surface area is 83.1 Å². The van der Waals surface area contributed by atoms with E-state index in [1.54, 1.807) is 12.1 Å². The first-order chi connectivity index (χ1) is 6.75. The Balaban J connectivity index is 2.05. The second kappa shape index (κ2) is 4.07. The molecule has 0 saturated carbocycles. The van der Waals surface area contributed by atoms with Gasteiger partial charge in [0, 0.05) is 12.6 Å². The second-order valence-corrected chi connectivity index (χ2v) is 3.68. The van der Waals surface area contributed by atoms with Crippen molar-refractivity contribution >= 4 is 0 Å². The summed E-state index contributed by atoms with van der Waals surface area (Å²) in [6.45, 7) is 3.59. The first-order valence-corrected chi connectivity index (χ1v) is 4.86. The van der Waals surface area contributed by atoms with E-state index in [0.29, 0.717) is 12.6 Å². The van der Waals surface area contributed by atoms with Crippen LogP contribution in [0.3, 0.4) is 0 Å². The zero-order valence-corrected chi connectivity index (χ0v) is 8.16. The first-order valence-electron chi connectivity index (χ1n) is 4.86. The summed E-state index contributed by atoms with van der Waals surface area (Å²) in [5.74, 6) is -0.203. The maximum Gasteiger partial charge on any atom is 0.123 e. The molecule has 2 nitrogen and oxygen atoms in total. The van der Waals surface area contributed by atoms with Crippen molar-refractivity contribution in [2.75, 3.05) is 13.2 Å². The van der Waals surface area contributed by atoms with E-state index in [1.807, 2.05) is 0 Å². The van der Waals surface area contributed by atoms with Crippen LogP contribution in [-0.2, 0) is 4.74 Å². The lowest BCUT2D eigenvalue weighted by atomic mass is 10.1. The molecule has 3 heteroatoms. The summed E-state index contributed by atoms with van der Waals surface area (Å²) >= 11 is 0. The average Bonchev–Trinajstić information content (AvgIpc) is 2.21. The van der Waals surface area contributed by atoms with Crippen molar-refractivity contribution in [2.45, 2.75) is 19.1 Å². The highest BCUT2D eigenvalue weighted by molar-refractivity contribution is 5.19. The third kappa shape index (κ3) is 2.11. The quantitative estimate of drug-likeness (QED) is 0.738. The number of hydrogen-bond acceptors (Lipinski definition) is 2. The van der Waals surface area contributed by atoms with Crippen molar-refractivity contribution in [1.82, 2.24) is 5.32 Å². The van der Waals surface area contributed by atoms with Gasteiger partial charge >= 0.3 is 0 Å². The van der Waals surface area contributed by atoms with Gasteiger partial charge in [-0.25, -0.2) is 4.39 Å². The van der Waals surface area contributed by atoms with Gasteiger partial charge in [-0.05, 0) is 24.6 Å². The van der Waals surface area contributed by atoms with Crippen LogP contribution < -0.4 is 5.32 Å². The SMILES string of the molecule is C[C@@H]1CO[C@@H](c2ccc(F)cc2)CN1. The Morgan fingerprint density at radius 1 is 1.36 bits per heavy atom. The van der Waals surface area contributed by atoms with E-state index in [1.165, 1.54) is 12.1 Å². The normalized spacial score (nSPS) is 27.6. The van der Waals surface area contributed by atoms with Gasteiger partial charge in [0.25, 0.3) is 0 Å². The Bertz CT molecular complexity index is 291. The van der Waals surface area contributed by atoms with E-state index in [2.05, 4.69) is 12.2 Å². The molecule has 0 aliphatic carbocycles. The molecule has 0 spiro atoms. The number of hydrogen-bond donors (Lipinski definition) is 1. The molecule has 0 bridgehead atoms. The van der Waals surface area contributed by atoms with Gasteiger partial charge in [-0.1, -0.05) is 12.1 Å². The molecule has 14 heavy (non-hydrogen) atoms. The Kier molecular flexibility index (Phi) is 2.79. The highest BCUT2D eigenvalue weighted by atomic mass is 19.1. The topological polar surface area (TPSA) is 21.3 Å². The van der Waals surface area contributed by atoms with Gasteiger partial charge in [0.05, 0.1) is 12.7 Å².